The first kappa shape index (κ1) is 15.0. The average molecular weight is 273 g/mol. The highest BCUT2D eigenvalue weighted by Crippen LogP contribution is 2.09. The van der Waals surface area contributed by atoms with Gasteiger partial charge >= 0.3 is 0 Å². The van der Waals surface area contributed by atoms with Crippen molar-refractivity contribution < 1.29 is 12.8 Å². The highest BCUT2D eigenvalue weighted by atomic mass is 32.2. The minimum Gasteiger partial charge on any atom is -0.384 e. The van der Waals surface area contributed by atoms with E-state index in [4.69, 9.17) is 0 Å². The fraction of sp³-hybridized carbons (Fsp3) is 0.538. The fourth-order valence-electron chi connectivity index (χ4n) is 1.58. The van der Waals surface area contributed by atoms with Gasteiger partial charge in [-0.1, -0.05) is 26.3 Å². The van der Waals surface area contributed by atoms with Crippen LogP contribution in [0.4, 0.5) is 10.1 Å². The highest BCUT2D eigenvalue weighted by molar-refractivity contribution is 7.91. The summed E-state index contributed by atoms with van der Waals surface area (Å²) in [4.78, 5) is 0. The molecule has 5 heteroatoms. The summed E-state index contributed by atoms with van der Waals surface area (Å²) in [5, 5.41) is 2.91. The monoisotopic (exact) mass is 273 g/mol. The number of nitrogens with one attached hydrogen (secondary N) is 1. The smallest absolute Gasteiger partial charge is 0.152 e. The molecule has 1 aromatic rings. The molecular weight excluding hydrogens is 253 g/mol. The van der Waals surface area contributed by atoms with Crippen molar-refractivity contribution in [1.82, 2.24) is 0 Å². The van der Waals surface area contributed by atoms with Gasteiger partial charge in [0, 0.05) is 12.2 Å². The second-order valence-corrected chi connectivity index (χ2v) is 6.79. The zero-order chi connectivity index (χ0) is 13.6. The molecule has 1 atom stereocenters. The van der Waals surface area contributed by atoms with Crippen molar-refractivity contribution in [1.29, 1.82) is 0 Å². The molecule has 1 rings (SSSR count). The van der Waals surface area contributed by atoms with E-state index in [9.17, 15) is 12.8 Å². The number of hydrogen-bond acceptors (Lipinski definition) is 3. The van der Waals surface area contributed by atoms with Gasteiger partial charge in [0.2, 0.25) is 0 Å². The van der Waals surface area contributed by atoms with E-state index in [-0.39, 0.29) is 23.2 Å². The van der Waals surface area contributed by atoms with Crippen LogP contribution in [0, 0.1) is 11.7 Å². The Morgan fingerprint density at radius 3 is 2.72 bits per heavy atom. The zero-order valence-electron chi connectivity index (χ0n) is 10.8. The van der Waals surface area contributed by atoms with Crippen molar-refractivity contribution in [3.8, 4) is 0 Å². The van der Waals surface area contributed by atoms with Crippen LogP contribution in [-0.2, 0) is 9.84 Å². The lowest BCUT2D eigenvalue weighted by Gasteiger charge is -2.10. The van der Waals surface area contributed by atoms with Gasteiger partial charge in [0.1, 0.15) is 5.82 Å². The van der Waals surface area contributed by atoms with Crippen LogP contribution in [0.2, 0.25) is 0 Å². The van der Waals surface area contributed by atoms with Gasteiger partial charge in [0.05, 0.1) is 11.5 Å². The molecule has 0 heterocycles. The summed E-state index contributed by atoms with van der Waals surface area (Å²) in [6.07, 6.45) is 0.858. The van der Waals surface area contributed by atoms with Gasteiger partial charge in [-0.3, -0.25) is 0 Å². The van der Waals surface area contributed by atoms with Crippen LogP contribution in [0.5, 0.6) is 0 Å². The third kappa shape index (κ3) is 5.49. The summed E-state index contributed by atoms with van der Waals surface area (Å²) in [5.41, 5.74) is 0.605. The molecule has 3 nitrogen and oxygen atoms in total. The molecule has 1 unspecified atom stereocenters. The van der Waals surface area contributed by atoms with Crippen molar-refractivity contribution in [3.63, 3.8) is 0 Å². The van der Waals surface area contributed by atoms with E-state index < -0.39 is 9.84 Å². The second kappa shape index (κ2) is 6.73. The second-order valence-electron chi connectivity index (χ2n) is 4.56. The molecule has 0 saturated heterocycles. The lowest BCUT2D eigenvalue weighted by Crippen LogP contribution is -2.21. The number of anilines is 1. The molecule has 0 fully saturated rings. The van der Waals surface area contributed by atoms with Gasteiger partial charge in [-0.05, 0) is 24.1 Å². The van der Waals surface area contributed by atoms with E-state index in [1.165, 1.54) is 12.1 Å². The maximum atomic E-state index is 12.9. The molecule has 1 aromatic carbocycles. The predicted octanol–water partition coefficient (Wildman–Crippen LogP) is 2.70. The van der Waals surface area contributed by atoms with Gasteiger partial charge in [-0.15, -0.1) is 0 Å². The maximum Gasteiger partial charge on any atom is 0.152 e. The summed E-state index contributed by atoms with van der Waals surface area (Å²) < 4.78 is 36.4. The molecule has 0 aliphatic heterocycles. The molecule has 0 saturated carbocycles. The minimum absolute atomic E-state index is 0.0772. The maximum absolute atomic E-state index is 12.9. The van der Waals surface area contributed by atoms with Gasteiger partial charge in [0.15, 0.2) is 9.84 Å². The standard InChI is InChI=1S/C13H20FNO2S/c1-3-11(2)10-18(16,17)8-7-15-13-6-4-5-12(14)9-13/h4-6,9,11,15H,3,7-8,10H2,1-2H3. The first-order chi connectivity index (χ1) is 8.43. The fourth-order valence-corrected chi connectivity index (χ4v) is 3.27. The quantitative estimate of drug-likeness (QED) is 0.831. The Morgan fingerprint density at radius 2 is 2.11 bits per heavy atom. The van der Waals surface area contributed by atoms with Crippen molar-refractivity contribution in [2.45, 2.75) is 20.3 Å². The summed E-state index contributed by atoms with van der Waals surface area (Å²) in [5.74, 6) is 0.147. The largest absolute Gasteiger partial charge is 0.384 e. The number of rotatable bonds is 7. The van der Waals surface area contributed by atoms with Crippen LogP contribution >= 0.6 is 0 Å². The van der Waals surface area contributed by atoms with Crippen molar-refractivity contribution in [2.24, 2.45) is 5.92 Å². The Bertz CT molecular complexity index is 474. The summed E-state index contributed by atoms with van der Waals surface area (Å²) in [6, 6.07) is 6.00. The molecule has 0 amide bonds. The van der Waals surface area contributed by atoms with Gasteiger partial charge in [-0.25, -0.2) is 12.8 Å². The minimum atomic E-state index is -3.03. The lowest BCUT2D eigenvalue weighted by molar-refractivity contribution is 0.564. The first-order valence-corrected chi connectivity index (χ1v) is 7.95. The van der Waals surface area contributed by atoms with Crippen LogP contribution in [0.3, 0.4) is 0 Å². The van der Waals surface area contributed by atoms with Crippen LogP contribution in [-0.4, -0.2) is 26.5 Å². The van der Waals surface area contributed by atoms with Crippen LogP contribution in [0.1, 0.15) is 20.3 Å². The molecule has 1 N–H and O–H groups in total. The van der Waals surface area contributed by atoms with E-state index in [2.05, 4.69) is 5.32 Å². The molecule has 0 aliphatic rings. The normalized spacial score (nSPS) is 13.3. The van der Waals surface area contributed by atoms with Crippen LogP contribution in [0.25, 0.3) is 0 Å². The van der Waals surface area contributed by atoms with E-state index in [1.807, 2.05) is 13.8 Å². The van der Waals surface area contributed by atoms with E-state index in [1.54, 1.807) is 12.1 Å². The zero-order valence-corrected chi connectivity index (χ0v) is 11.6. The highest BCUT2D eigenvalue weighted by Gasteiger charge is 2.14. The van der Waals surface area contributed by atoms with E-state index >= 15 is 0 Å². The Morgan fingerprint density at radius 1 is 1.39 bits per heavy atom. The SMILES string of the molecule is CCC(C)CS(=O)(=O)CCNc1cccc(F)c1. The van der Waals surface area contributed by atoms with Crippen molar-refractivity contribution >= 4 is 15.5 Å². The van der Waals surface area contributed by atoms with Crippen LogP contribution < -0.4 is 5.32 Å². The van der Waals surface area contributed by atoms with Gasteiger partial charge in [-0.2, -0.15) is 0 Å². The number of hydrogen-bond donors (Lipinski definition) is 1. The van der Waals surface area contributed by atoms with Crippen molar-refractivity contribution in [3.05, 3.63) is 30.1 Å². The number of sulfone groups is 1. The van der Waals surface area contributed by atoms with Crippen LogP contribution in [0.15, 0.2) is 24.3 Å². The molecular formula is C13H20FNO2S. The summed E-state index contributed by atoms with van der Waals surface area (Å²) in [7, 11) is -3.03. The molecule has 0 bridgehead atoms. The number of halogens is 1. The van der Waals surface area contributed by atoms with E-state index in [0.29, 0.717) is 12.2 Å². The molecule has 0 radical (unpaired) electrons. The Hall–Kier alpha value is -1.10. The Labute approximate surface area is 108 Å². The Balaban J connectivity index is 2.42. The molecule has 0 aromatic heterocycles. The Kier molecular flexibility index (Phi) is 5.59. The van der Waals surface area contributed by atoms with Gasteiger partial charge < -0.3 is 5.32 Å². The molecule has 0 aliphatic carbocycles. The average Bonchev–Trinajstić information content (AvgIpc) is 2.28. The van der Waals surface area contributed by atoms with E-state index in [0.717, 1.165) is 6.42 Å². The molecule has 0 spiro atoms. The van der Waals surface area contributed by atoms with Gasteiger partial charge in [0.25, 0.3) is 0 Å². The third-order valence-electron chi connectivity index (χ3n) is 2.80. The molecule has 102 valence electrons. The summed E-state index contributed by atoms with van der Waals surface area (Å²) >= 11 is 0. The molecule has 18 heavy (non-hydrogen) atoms. The third-order valence-corrected chi connectivity index (χ3v) is 4.71. The lowest BCUT2D eigenvalue weighted by atomic mass is 10.2. The van der Waals surface area contributed by atoms with Crippen molar-refractivity contribution in [2.75, 3.05) is 23.4 Å². The summed E-state index contributed by atoms with van der Waals surface area (Å²) in [6.45, 7) is 4.21. The topological polar surface area (TPSA) is 46.2 Å². The number of benzene rings is 1. The predicted molar refractivity (Wildman–Crippen MR) is 73.0 cm³/mol. The first-order valence-electron chi connectivity index (χ1n) is 6.13.